The minimum absolute atomic E-state index is 0.157. The largest absolute Gasteiger partial charge is 0.396 e. The van der Waals surface area contributed by atoms with Crippen LogP contribution >= 0.6 is 11.8 Å². The Balaban J connectivity index is 2.42. The van der Waals surface area contributed by atoms with E-state index in [2.05, 4.69) is 0 Å². The molecule has 0 aliphatic heterocycles. The van der Waals surface area contributed by atoms with Gasteiger partial charge in [0.15, 0.2) is 0 Å². The number of halogens is 2. The molecule has 0 fully saturated rings. The Kier molecular flexibility index (Phi) is 4.90. The normalized spacial score (nSPS) is 10.5. The van der Waals surface area contributed by atoms with E-state index < -0.39 is 11.6 Å². The molecule has 1 aromatic carbocycles. The second-order valence-corrected chi connectivity index (χ2v) is 4.01. The van der Waals surface area contributed by atoms with Gasteiger partial charge in [-0.05, 0) is 29.9 Å². The lowest BCUT2D eigenvalue weighted by atomic mass is 10.2. The second-order valence-electron chi connectivity index (χ2n) is 2.91. The highest BCUT2D eigenvalue weighted by atomic mass is 32.2. The molecule has 0 amide bonds. The predicted molar refractivity (Wildman–Crippen MR) is 54.2 cm³/mol. The number of thioether (sulfide) groups is 1. The highest BCUT2D eigenvalue weighted by Crippen LogP contribution is 2.15. The summed E-state index contributed by atoms with van der Waals surface area (Å²) in [5.41, 5.74) is 0.644. The van der Waals surface area contributed by atoms with Gasteiger partial charge in [0.1, 0.15) is 11.6 Å². The molecule has 0 aliphatic carbocycles. The van der Waals surface area contributed by atoms with Crippen LogP contribution in [0.1, 0.15) is 12.0 Å². The lowest BCUT2D eigenvalue weighted by Crippen LogP contribution is -1.89. The summed E-state index contributed by atoms with van der Waals surface area (Å²) in [6.45, 7) is 0.157. The summed E-state index contributed by atoms with van der Waals surface area (Å²) >= 11 is 1.55. The number of aliphatic hydroxyl groups is 1. The molecular formula is C10H12F2OS. The van der Waals surface area contributed by atoms with Crippen molar-refractivity contribution in [3.05, 3.63) is 35.4 Å². The first kappa shape index (κ1) is 11.5. The molecule has 1 aromatic rings. The quantitative estimate of drug-likeness (QED) is 0.766. The van der Waals surface area contributed by atoms with Crippen molar-refractivity contribution < 1.29 is 13.9 Å². The molecule has 4 heteroatoms. The van der Waals surface area contributed by atoms with E-state index in [1.54, 1.807) is 11.8 Å². The number of rotatable bonds is 5. The summed E-state index contributed by atoms with van der Waals surface area (Å²) < 4.78 is 25.4. The van der Waals surface area contributed by atoms with Gasteiger partial charge in [-0.1, -0.05) is 0 Å². The highest BCUT2D eigenvalue weighted by Gasteiger charge is 2.00. The van der Waals surface area contributed by atoms with Crippen LogP contribution in [0.25, 0.3) is 0 Å². The summed E-state index contributed by atoms with van der Waals surface area (Å²) in [7, 11) is 0. The van der Waals surface area contributed by atoms with Gasteiger partial charge in [-0.15, -0.1) is 0 Å². The predicted octanol–water partition coefficient (Wildman–Crippen LogP) is 2.58. The van der Waals surface area contributed by atoms with Crippen LogP contribution in [0.2, 0.25) is 0 Å². The van der Waals surface area contributed by atoms with Gasteiger partial charge in [0.2, 0.25) is 0 Å². The maximum Gasteiger partial charge on any atom is 0.126 e. The van der Waals surface area contributed by atoms with E-state index in [-0.39, 0.29) is 6.61 Å². The Morgan fingerprint density at radius 3 is 2.36 bits per heavy atom. The molecule has 0 saturated heterocycles. The van der Waals surface area contributed by atoms with E-state index in [9.17, 15) is 8.78 Å². The van der Waals surface area contributed by atoms with Gasteiger partial charge in [-0.2, -0.15) is 11.8 Å². The summed E-state index contributed by atoms with van der Waals surface area (Å²) in [4.78, 5) is 0. The van der Waals surface area contributed by atoms with Crippen molar-refractivity contribution in [3.8, 4) is 0 Å². The van der Waals surface area contributed by atoms with Gasteiger partial charge in [0.05, 0.1) is 0 Å². The van der Waals surface area contributed by atoms with Crippen molar-refractivity contribution >= 4 is 11.8 Å². The van der Waals surface area contributed by atoms with Crippen LogP contribution in [-0.4, -0.2) is 17.5 Å². The maximum atomic E-state index is 12.7. The van der Waals surface area contributed by atoms with E-state index >= 15 is 0 Å². The molecule has 0 radical (unpaired) electrons. The molecule has 14 heavy (non-hydrogen) atoms. The fraction of sp³-hybridized carbons (Fsp3) is 0.400. The van der Waals surface area contributed by atoms with Gasteiger partial charge in [0, 0.05) is 18.4 Å². The van der Waals surface area contributed by atoms with Gasteiger partial charge in [-0.25, -0.2) is 8.78 Å². The maximum absolute atomic E-state index is 12.7. The molecule has 0 heterocycles. The van der Waals surface area contributed by atoms with E-state index in [0.717, 1.165) is 11.8 Å². The molecular weight excluding hydrogens is 206 g/mol. The molecule has 0 bridgehead atoms. The monoisotopic (exact) mass is 218 g/mol. The SMILES string of the molecule is OCCCSCc1cc(F)cc(F)c1. The van der Waals surface area contributed by atoms with Crippen molar-refractivity contribution in [2.45, 2.75) is 12.2 Å². The van der Waals surface area contributed by atoms with Crippen LogP contribution < -0.4 is 0 Å². The van der Waals surface area contributed by atoms with E-state index in [0.29, 0.717) is 17.7 Å². The Labute approximate surface area is 86.1 Å². The zero-order valence-electron chi connectivity index (χ0n) is 7.67. The summed E-state index contributed by atoms with van der Waals surface area (Å²) in [5.74, 6) is 0.300. The molecule has 0 aromatic heterocycles. The minimum Gasteiger partial charge on any atom is -0.396 e. The lowest BCUT2D eigenvalue weighted by molar-refractivity contribution is 0.296. The third kappa shape index (κ3) is 4.07. The first-order valence-electron chi connectivity index (χ1n) is 4.36. The van der Waals surface area contributed by atoms with E-state index in [4.69, 9.17) is 5.11 Å². The van der Waals surface area contributed by atoms with Crippen LogP contribution in [0.15, 0.2) is 18.2 Å². The van der Waals surface area contributed by atoms with Crippen LogP contribution in [0.5, 0.6) is 0 Å². The molecule has 0 aliphatic rings. The van der Waals surface area contributed by atoms with Crippen molar-refractivity contribution in [2.24, 2.45) is 0 Å². The molecule has 1 nitrogen and oxygen atoms in total. The Morgan fingerprint density at radius 1 is 1.14 bits per heavy atom. The Hall–Kier alpha value is -0.610. The second kappa shape index (κ2) is 5.98. The standard InChI is InChI=1S/C10H12F2OS/c11-9-4-8(5-10(12)6-9)7-14-3-1-2-13/h4-6,13H,1-3,7H2. The first-order chi connectivity index (χ1) is 6.72. The van der Waals surface area contributed by atoms with Crippen LogP contribution in [0.4, 0.5) is 8.78 Å². The molecule has 0 spiro atoms. The van der Waals surface area contributed by atoms with Gasteiger partial charge in [-0.3, -0.25) is 0 Å². The number of hydrogen-bond acceptors (Lipinski definition) is 2. The molecule has 0 unspecified atom stereocenters. The van der Waals surface area contributed by atoms with E-state index in [1.807, 2.05) is 0 Å². The van der Waals surface area contributed by atoms with E-state index in [1.165, 1.54) is 12.1 Å². The average molecular weight is 218 g/mol. The molecule has 78 valence electrons. The van der Waals surface area contributed by atoms with Crippen molar-refractivity contribution in [2.75, 3.05) is 12.4 Å². The first-order valence-corrected chi connectivity index (χ1v) is 5.51. The Bertz CT molecular complexity index is 271. The fourth-order valence-electron chi connectivity index (χ4n) is 1.05. The van der Waals surface area contributed by atoms with Gasteiger partial charge in [0.25, 0.3) is 0 Å². The fourth-order valence-corrected chi connectivity index (χ4v) is 1.93. The minimum atomic E-state index is -0.539. The summed E-state index contributed by atoms with van der Waals surface area (Å²) in [6, 6.07) is 3.52. The topological polar surface area (TPSA) is 20.2 Å². The number of benzene rings is 1. The highest BCUT2D eigenvalue weighted by molar-refractivity contribution is 7.98. The zero-order chi connectivity index (χ0) is 10.4. The number of hydrogen-bond donors (Lipinski definition) is 1. The van der Waals surface area contributed by atoms with Gasteiger partial charge >= 0.3 is 0 Å². The van der Waals surface area contributed by atoms with Crippen molar-refractivity contribution in [3.63, 3.8) is 0 Å². The smallest absolute Gasteiger partial charge is 0.126 e. The average Bonchev–Trinajstić information content (AvgIpc) is 2.11. The Morgan fingerprint density at radius 2 is 1.79 bits per heavy atom. The molecule has 1 rings (SSSR count). The molecule has 0 saturated carbocycles. The van der Waals surface area contributed by atoms with Crippen LogP contribution in [0.3, 0.4) is 0 Å². The van der Waals surface area contributed by atoms with Crippen molar-refractivity contribution in [1.29, 1.82) is 0 Å². The third-order valence-electron chi connectivity index (χ3n) is 1.64. The molecule has 1 N–H and O–H groups in total. The number of aliphatic hydroxyl groups excluding tert-OH is 1. The van der Waals surface area contributed by atoms with Crippen molar-refractivity contribution in [1.82, 2.24) is 0 Å². The zero-order valence-corrected chi connectivity index (χ0v) is 8.49. The lowest BCUT2D eigenvalue weighted by Gasteiger charge is -2.01. The van der Waals surface area contributed by atoms with Crippen LogP contribution in [0, 0.1) is 11.6 Å². The van der Waals surface area contributed by atoms with Gasteiger partial charge < -0.3 is 5.11 Å². The summed E-state index contributed by atoms with van der Waals surface area (Å²) in [5, 5.41) is 8.52. The summed E-state index contributed by atoms with van der Waals surface area (Å²) in [6.07, 6.45) is 0.711. The third-order valence-corrected chi connectivity index (χ3v) is 2.75. The van der Waals surface area contributed by atoms with Crippen LogP contribution in [-0.2, 0) is 5.75 Å². The molecule has 0 atom stereocenters.